The SMILES string of the molecule is C=C/C=C(/CCCN1C(=O)CCC1CCCCc1cccc(C(F)(F)F)c1)SC(=O)O. The first-order valence-corrected chi connectivity index (χ1v) is 11.2. The van der Waals surface area contributed by atoms with E-state index in [0.717, 1.165) is 43.5 Å². The highest BCUT2D eigenvalue weighted by Crippen LogP contribution is 2.30. The van der Waals surface area contributed by atoms with Crippen molar-refractivity contribution >= 4 is 23.0 Å². The molecule has 0 radical (unpaired) electrons. The molecule has 0 bridgehead atoms. The number of allylic oxidation sites excluding steroid dienone is 3. The average molecular weight is 456 g/mol. The lowest BCUT2D eigenvalue weighted by molar-refractivity contribution is -0.137. The maximum Gasteiger partial charge on any atom is 0.416 e. The molecule has 170 valence electrons. The van der Waals surface area contributed by atoms with Crippen molar-refractivity contribution in [3.63, 3.8) is 0 Å². The van der Waals surface area contributed by atoms with Gasteiger partial charge in [0.05, 0.1) is 5.56 Å². The van der Waals surface area contributed by atoms with E-state index < -0.39 is 17.0 Å². The molecular weight excluding hydrogens is 427 g/mol. The van der Waals surface area contributed by atoms with E-state index in [1.807, 2.05) is 4.90 Å². The van der Waals surface area contributed by atoms with E-state index in [9.17, 15) is 22.8 Å². The van der Waals surface area contributed by atoms with Gasteiger partial charge in [0, 0.05) is 19.0 Å². The molecule has 0 saturated carbocycles. The number of benzene rings is 1. The number of carbonyl (C=O) groups is 2. The molecule has 0 aliphatic carbocycles. The minimum Gasteiger partial charge on any atom is -0.473 e. The molecule has 1 fully saturated rings. The molecule has 1 unspecified atom stereocenters. The van der Waals surface area contributed by atoms with Crippen molar-refractivity contribution in [1.82, 2.24) is 4.90 Å². The quantitative estimate of drug-likeness (QED) is 0.299. The van der Waals surface area contributed by atoms with E-state index >= 15 is 0 Å². The number of carboxylic acid groups (broad SMARTS) is 1. The minimum absolute atomic E-state index is 0.114. The predicted octanol–water partition coefficient (Wildman–Crippen LogP) is 6.67. The normalized spacial score (nSPS) is 17.3. The maximum atomic E-state index is 12.8. The zero-order valence-corrected chi connectivity index (χ0v) is 18.2. The van der Waals surface area contributed by atoms with Crippen molar-refractivity contribution in [2.24, 2.45) is 0 Å². The highest BCUT2D eigenvalue weighted by molar-refractivity contribution is 8.16. The van der Waals surface area contributed by atoms with Gasteiger partial charge in [-0.3, -0.25) is 4.79 Å². The number of hydrogen-bond acceptors (Lipinski definition) is 3. The Morgan fingerprint density at radius 3 is 2.74 bits per heavy atom. The van der Waals surface area contributed by atoms with Gasteiger partial charge >= 0.3 is 11.5 Å². The lowest BCUT2D eigenvalue weighted by Crippen LogP contribution is -2.33. The molecule has 1 N–H and O–H groups in total. The lowest BCUT2D eigenvalue weighted by atomic mass is 10.0. The molecule has 1 aliphatic rings. The average Bonchev–Trinajstić information content (AvgIpc) is 3.04. The van der Waals surface area contributed by atoms with E-state index in [1.54, 1.807) is 18.2 Å². The Labute approximate surface area is 185 Å². The van der Waals surface area contributed by atoms with Crippen molar-refractivity contribution < 1.29 is 27.9 Å². The molecule has 1 amide bonds. The summed E-state index contributed by atoms with van der Waals surface area (Å²) in [4.78, 5) is 25.7. The van der Waals surface area contributed by atoms with Crippen molar-refractivity contribution in [2.45, 2.75) is 63.6 Å². The van der Waals surface area contributed by atoms with E-state index in [1.165, 1.54) is 12.1 Å². The summed E-state index contributed by atoms with van der Waals surface area (Å²) in [5.74, 6) is 0.114. The number of hydrogen-bond donors (Lipinski definition) is 1. The van der Waals surface area contributed by atoms with Gasteiger partial charge in [-0.25, -0.2) is 4.79 Å². The first-order chi connectivity index (χ1) is 14.7. The van der Waals surface area contributed by atoms with E-state index in [0.29, 0.717) is 42.7 Å². The number of alkyl halides is 3. The Hall–Kier alpha value is -2.22. The molecule has 2 rings (SSSR count). The Morgan fingerprint density at radius 1 is 1.29 bits per heavy atom. The Bertz CT molecular complexity index is 808. The molecule has 1 aliphatic heterocycles. The predicted molar refractivity (Wildman–Crippen MR) is 117 cm³/mol. The summed E-state index contributed by atoms with van der Waals surface area (Å²) in [5, 5.41) is 7.96. The van der Waals surface area contributed by atoms with Gasteiger partial charge < -0.3 is 10.0 Å². The number of amides is 1. The first kappa shape index (κ1) is 25.0. The van der Waals surface area contributed by atoms with Crippen LogP contribution < -0.4 is 0 Å². The molecule has 0 aromatic heterocycles. The van der Waals surface area contributed by atoms with Crippen LogP contribution in [0.1, 0.15) is 56.1 Å². The summed E-state index contributed by atoms with van der Waals surface area (Å²) in [5.41, 5.74) is 0.0511. The summed E-state index contributed by atoms with van der Waals surface area (Å²) in [6.45, 7) is 4.17. The highest BCUT2D eigenvalue weighted by Gasteiger charge is 2.31. The zero-order chi connectivity index (χ0) is 22.9. The summed E-state index contributed by atoms with van der Waals surface area (Å²) in [6, 6.07) is 5.58. The Kier molecular flexibility index (Phi) is 9.68. The molecule has 4 nitrogen and oxygen atoms in total. The van der Waals surface area contributed by atoms with E-state index in [2.05, 4.69) is 6.58 Å². The van der Waals surface area contributed by atoms with Gasteiger partial charge in [0.2, 0.25) is 5.91 Å². The summed E-state index contributed by atoms with van der Waals surface area (Å²) >= 11 is 0.758. The number of thioether (sulfide) groups is 1. The fourth-order valence-electron chi connectivity index (χ4n) is 3.85. The van der Waals surface area contributed by atoms with Gasteiger partial charge in [-0.15, -0.1) is 0 Å². The van der Waals surface area contributed by atoms with Crippen LogP contribution in [0.2, 0.25) is 0 Å². The molecule has 0 spiro atoms. The molecule has 1 saturated heterocycles. The zero-order valence-electron chi connectivity index (χ0n) is 17.4. The monoisotopic (exact) mass is 455 g/mol. The third kappa shape index (κ3) is 8.44. The standard InChI is InChI=1S/C23H28F3NO3S/c1-2-7-20(31-22(29)30)12-6-15-27-19(13-14-21(27)28)11-4-3-8-17-9-5-10-18(16-17)23(24,25)26/h2,5,7,9-10,16,19H,1,3-4,6,8,11-15H2,(H,29,30)/b20-7-. The lowest BCUT2D eigenvalue weighted by Gasteiger charge is -2.25. The van der Waals surface area contributed by atoms with Crippen LogP contribution in [0, 0.1) is 0 Å². The number of halogens is 3. The fraction of sp³-hybridized carbons (Fsp3) is 0.478. The van der Waals surface area contributed by atoms with Crippen molar-refractivity contribution in [1.29, 1.82) is 0 Å². The number of likely N-dealkylation sites (tertiary alicyclic amines) is 1. The third-order valence-corrected chi connectivity index (χ3v) is 6.08. The molecule has 8 heteroatoms. The van der Waals surface area contributed by atoms with Gasteiger partial charge in [-0.2, -0.15) is 13.2 Å². The van der Waals surface area contributed by atoms with Crippen LogP contribution in [0.3, 0.4) is 0 Å². The summed E-state index contributed by atoms with van der Waals surface area (Å²) in [6.07, 6.45) is 4.44. The maximum absolute atomic E-state index is 12.8. The van der Waals surface area contributed by atoms with Crippen molar-refractivity contribution in [3.05, 3.63) is 59.0 Å². The van der Waals surface area contributed by atoms with E-state index in [-0.39, 0.29) is 11.9 Å². The molecule has 1 heterocycles. The highest BCUT2D eigenvalue weighted by atomic mass is 32.2. The van der Waals surface area contributed by atoms with Crippen LogP contribution in [0.25, 0.3) is 0 Å². The molecule has 1 aromatic rings. The smallest absolute Gasteiger partial charge is 0.416 e. The Morgan fingerprint density at radius 2 is 2.06 bits per heavy atom. The first-order valence-electron chi connectivity index (χ1n) is 10.4. The third-order valence-electron chi connectivity index (χ3n) is 5.30. The summed E-state index contributed by atoms with van der Waals surface area (Å²) < 4.78 is 38.5. The number of aryl methyl sites for hydroxylation is 1. The molecule has 1 atom stereocenters. The second-order valence-corrected chi connectivity index (χ2v) is 8.64. The van der Waals surface area contributed by atoms with E-state index in [4.69, 9.17) is 5.11 Å². The minimum atomic E-state index is -4.33. The largest absolute Gasteiger partial charge is 0.473 e. The van der Waals surface area contributed by atoms with Crippen molar-refractivity contribution in [2.75, 3.05) is 6.54 Å². The van der Waals surface area contributed by atoms with Crippen molar-refractivity contribution in [3.8, 4) is 0 Å². The topological polar surface area (TPSA) is 57.6 Å². The molecule has 1 aromatic carbocycles. The number of carbonyl (C=O) groups excluding carboxylic acids is 1. The number of rotatable bonds is 11. The van der Waals surface area contributed by atoms with Crippen LogP contribution in [0.5, 0.6) is 0 Å². The fourth-order valence-corrected chi connectivity index (χ4v) is 4.48. The molecule has 31 heavy (non-hydrogen) atoms. The number of unbranched alkanes of at least 4 members (excludes halogenated alkanes) is 1. The van der Waals surface area contributed by atoms with Gasteiger partial charge in [-0.05, 0) is 66.8 Å². The van der Waals surface area contributed by atoms with Gasteiger partial charge in [0.15, 0.2) is 0 Å². The van der Waals surface area contributed by atoms with Gasteiger partial charge in [0.1, 0.15) is 0 Å². The van der Waals surface area contributed by atoms with Crippen LogP contribution in [0.15, 0.2) is 47.9 Å². The number of nitrogens with zero attached hydrogens (tertiary/aromatic N) is 1. The van der Waals surface area contributed by atoms with Crippen LogP contribution in [-0.4, -0.2) is 33.8 Å². The second kappa shape index (κ2) is 12.0. The van der Waals surface area contributed by atoms with Crippen LogP contribution in [0.4, 0.5) is 18.0 Å². The second-order valence-electron chi connectivity index (χ2n) is 7.56. The molecular formula is C23H28F3NO3S. The van der Waals surface area contributed by atoms with Gasteiger partial charge in [0.25, 0.3) is 0 Å². The van der Waals surface area contributed by atoms with Crippen LogP contribution >= 0.6 is 11.8 Å². The summed E-state index contributed by atoms with van der Waals surface area (Å²) in [7, 11) is 0. The Balaban J connectivity index is 1.78. The van der Waals surface area contributed by atoms with Gasteiger partial charge in [-0.1, -0.05) is 43.4 Å². The van der Waals surface area contributed by atoms with Crippen LogP contribution in [-0.2, 0) is 17.4 Å².